The summed E-state index contributed by atoms with van der Waals surface area (Å²) < 4.78 is 20.7. The SMILES string of the molecule is COC(=O)/C=c1\sc2n(c1=O)C(N)=C(C#N)C(c1ccccc1F)C=2C(=O)Nc1ccc2ccccc2c1. The van der Waals surface area contributed by atoms with E-state index in [4.69, 9.17) is 5.73 Å². The van der Waals surface area contributed by atoms with Crippen LogP contribution < -0.4 is 25.8 Å². The van der Waals surface area contributed by atoms with E-state index in [1.54, 1.807) is 18.2 Å². The van der Waals surface area contributed by atoms with E-state index in [0.29, 0.717) is 5.69 Å². The molecule has 8 nitrogen and oxygen atoms in total. The van der Waals surface area contributed by atoms with Crippen molar-refractivity contribution < 1.29 is 18.7 Å². The molecule has 10 heteroatoms. The first kappa shape index (κ1) is 24.7. The zero-order valence-electron chi connectivity index (χ0n) is 19.9. The van der Waals surface area contributed by atoms with Gasteiger partial charge in [0.2, 0.25) is 0 Å². The van der Waals surface area contributed by atoms with E-state index < -0.39 is 29.2 Å². The summed E-state index contributed by atoms with van der Waals surface area (Å²) >= 11 is 0.826. The van der Waals surface area contributed by atoms with E-state index in [0.717, 1.165) is 39.9 Å². The number of allylic oxidation sites excluding steroid dienone is 1. The Morgan fingerprint density at radius 2 is 1.84 bits per heavy atom. The molecule has 0 bridgehead atoms. The van der Waals surface area contributed by atoms with Gasteiger partial charge in [-0.3, -0.25) is 14.2 Å². The van der Waals surface area contributed by atoms with Crippen molar-refractivity contribution in [2.24, 2.45) is 5.73 Å². The van der Waals surface area contributed by atoms with Gasteiger partial charge >= 0.3 is 5.97 Å². The van der Waals surface area contributed by atoms with Gasteiger partial charge in [0.05, 0.1) is 30.2 Å². The summed E-state index contributed by atoms with van der Waals surface area (Å²) in [7, 11) is 1.16. The minimum atomic E-state index is -1.20. The van der Waals surface area contributed by atoms with Crippen molar-refractivity contribution in [2.45, 2.75) is 5.92 Å². The lowest BCUT2D eigenvalue weighted by Gasteiger charge is -2.25. The first-order valence-corrected chi connectivity index (χ1v) is 12.2. The number of esters is 1. The highest BCUT2D eigenvalue weighted by Gasteiger charge is 2.37. The van der Waals surface area contributed by atoms with Gasteiger partial charge in [0.15, 0.2) is 0 Å². The topological polar surface area (TPSA) is 127 Å². The molecule has 0 radical (unpaired) electrons. The number of nitrogens with zero attached hydrogens (tertiary/aromatic N) is 2. The van der Waals surface area contributed by atoms with Gasteiger partial charge in [0.1, 0.15) is 20.8 Å². The summed E-state index contributed by atoms with van der Waals surface area (Å²) in [6.45, 7) is 0. The standard InChI is InChI=1S/C28H19FN4O4S/c1-37-22(34)13-21-27(36)33-25(31)19(14-30)23(18-8-4-5-9-20(18)29)24(28(33)38-21)26(35)32-17-11-10-15-6-2-3-7-16(15)12-17/h2-13,23H,31H2,1H3,(H,32,35)/b21-13-. The van der Waals surface area contributed by atoms with Crippen LogP contribution in [0.2, 0.25) is 0 Å². The fourth-order valence-electron chi connectivity index (χ4n) is 4.42. The molecule has 0 saturated heterocycles. The summed E-state index contributed by atoms with van der Waals surface area (Å²) in [5, 5.41) is 14.7. The molecule has 3 N–H and O–H groups in total. The number of carbonyl (C=O) groups is 2. The average Bonchev–Trinajstić information content (AvgIpc) is 3.24. The Labute approximate surface area is 219 Å². The molecular weight excluding hydrogens is 507 g/mol. The molecule has 1 aromatic heterocycles. The molecular formula is C28H19FN4O4S. The maximum atomic E-state index is 15.1. The van der Waals surface area contributed by atoms with Gasteiger partial charge in [-0.15, -0.1) is 11.3 Å². The van der Waals surface area contributed by atoms with Crippen molar-refractivity contribution in [3.8, 4) is 6.07 Å². The minimum absolute atomic E-state index is 0.0428. The number of amides is 1. The molecule has 0 fully saturated rings. The van der Waals surface area contributed by atoms with Gasteiger partial charge in [-0.25, -0.2) is 9.18 Å². The van der Waals surface area contributed by atoms with Crippen LogP contribution in [0.15, 0.2) is 77.1 Å². The number of ether oxygens (including phenoxy) is 1. The van der Waals surface area contributed by atoms with Crippen LogP contribution in [0.25, 0.3) is 28.2 Å². The second-order valence-corrected chi connectivity index (χ2v) is 9.41. The van der Waals surface area contributed by atoms with Crippen molar-refractivity contribution in [3.05, 3.63) is 103 Å². The lowest BCUT2D eigenvalue weighted by atomic mass is 9.83. The summed E-state index contributed by atoms with van der Waals surface area (Å²) in [5.74, 6) is -3.54. The van der Waals surface area contributed by atoms with Crippen molar-refractivity contribution in [3.63, 3.8) is 0 Å². The lowest BCUT2D eigenvalue weighted by molar-refractivity contribution is -0.133. The number of rotatable bonds is 4. The zero-order chi connectivity index (χ0) is 27.0. The zero-order valence-corrected chi connectivity index (χ0v) is 20.7. The monoisotopic (exact) mass is 526 g/mol. The molecule has 1 aliphatic heterocycles. The number of benzene rings is 3. The van der Waals surface area contributed by atoms with Crippen molar-refractivity contribution in [2.75, 3.05) is 12.4 Å². The van der Waals surface area contributed by atoms with Gasteiger partial charge in [0.25, 0.3) is 11.5 Å². The third-order valence-corrected chi connectivity index (χ3v) is 7.30. The van der Waals surface area contributed by atoms with Crippen LogP contribution >= 0.6 is 11.3 Å². The summed E-state index contributed by atoms with van der Waals surface area (Å²) in [6.07, 6.45) is 0.981. The quantitative estimate of drug-likeness (QED) is 0.393. The van der Waals surface area contributed by atoms with Gasteiger partial charge in [0, 0.05) is 17.3 Å². The van der Waals surface area contributed by atoms with E-state index >= 15 is 4.39 Å². The Morgan fingerprint density at radius 3 is 2.55 bits per heavy atom. The number of nitrogens with two attached hydrogens (primary N) is 1. The molecule has 5 rings (SSSR count). The van der Waals surface area contributed by atoms with E-state index in [9.17, 15) is 19.6 Å². The van der Waals surface area contributed by atoms with Crippen LogP contribution in [0.3, 0.4) is 0 Å². The number of carbonyl (C=O) groups excluding carboxylic acids is 2. The predicted octanol–water partition coefficient (Wildman–Crippen LogP) is 2.39. The lowest BCUT2D eigenvalue weighted by Crippen LogP contribution is -2.41. The Hall–Kier alpha value is -5.01. The van der Waals surface area contributed by atoms with Crippen molar-refractivity contribution >= 4 is 57.1 Å². The fraction of sp³-hybridized carbons (Fsp3) is 0.0714. The van der Waals surface area contributed by atoms with E-state index in [1.165, 1.54) is 18.2 Å². The number of thiazole rings is 1. The number of methoxy groups -OCH3 is 1. The van der Waals surface area contributed by atoms with Crippen LogP contribution in [0.5, 0.6) is 0 Å². The van der Waals surface area contributed by atoms with Crippen LogP contribution in [-0.4, -0.2) is 23.6 Å². The normalized spacial score (nSPS) is 15.2. The molecule has 3 aromatic carbocycles. The van der Waals surface area contributed by atoms with Gasteiger partial charge in [-0.1, -0.05) is 48.5 Å². The Kier molecular flexibility index (Phi) is 6.36. The number of hydrogen-bond donors (Lipinski definition) is 2. The second-order valence-electron chi connectivity index (χ2n) is 8.37. The smallest absolute Gasteiger partial charge is 0.332 e. The van der Waals surface area contributed by atoms with E-state index in [1.807, 2.05) is 36.4 Å². The number of anilines is 1. The maximum Gasteiger partial charge on any atom is 0.332 e. The predicted molar refractivity (Wildman–Crippen MR) is 142 cm³/mol. The number of hydrogen-bond acceptors (Lipinski definition) is 7. The molecule has 2 heterocycles. The third kappa shape index (κ3) is 4.15. The first-order chi connectivity index (χ1) is 18.3. The molecule has 0 aliphatic carbocycles. The molecule has 4 aromatic rings. The minimum Gasteiger partial charge on any atom is -0.466 e. The average molecular weight is 527 g/mol. The number of nitriles is 1. The maximum absolute atomic E-state index is 15.1. The molecule has 0 spiro atoms. The summed E-state index contributed by atoms with van der Waals surface area (Å²) in [5.41, 5.74) is 5.83. The molecule has 1 amide bonds. The second kappa shape index (κ2) is 9.80. The summed E-state index contributed by atoms with van der Waals surface area (Å²) in [4.78, 5) is 39.0. The molecule has 0 saturated carbocycles. The fourth-order valence-corrected chi connectivity index (χ4v) is 5.55. The number of fused-ring (bicyclic) bond motifs is 2. The number of nitrogens with one attached hydrogen (secondary N) is 1. The third-order valence-electron chi connectivity index (χ3n) is 6.19. The highest BCUT2D eigenvalue weighted by atomic mass is 32.1. The van der Waals surface area contributed by atoms with Gasteiger partial charge < -0.3 is 15.8 Å². The van der Waals surface area contributed by atoms with E-state index in [-0.39, 0.29) is 31.7 Å². The van der Waals surface area contributed by atoms with E-state index in [2.05, 4.69) is 10.1 Å². The highest BCUT2D eigenvalue weighted by Crippen LogP contribution is 2.37. The molecule has 188 valence electrons. The van der Waals surface area contributed by atoms with Crippen LogP contribution in [0.1, 0.15) is 11.5 Å². The highest BCUT2D eigenvalue weighted by molar-refractivity contribution is 7.07. The Balaban J connectivity index is 1.79. The first-order valence-electron chi connectivity index (χ1n) is 11.3. The molecule has 1 unspecified atom stereocenters. The van der Waals surface area contributed by atoms with Crippen LogP contribution in [0.4, 0.5) is 10.1 Å². The summed E-state index contributed by atoms with van der Waals surface area (Å²) in [6, 6.07) is 20.6. The van der Waals surface area contributed by atoms with Crippen molar-refractivity contribution in [1.82, 2.24) is 4.57 Å². The largest absolute Gasteiger partial charge is 0.466 e. The molecule has 1 atom stereocenters. The van der Waals surface area contributed by atoms with Gasteiger partial charge in [-0.2, -0.15) is 5.26 Å². The molecule has 38 heavy (non-hydrogen) atoms. The van der Waals surface area contributed by atoms with Crippen molar-refractivity contribution in [1.29, 1.82) is 5.26 Å². The van der Waals surface area contributed by atoms with Crippen LogP contribution in [-0.2, 0) is 14.3 Å². The molecule has 1 aliphatic rings. The number of aromatic nitrogens is 1. The van der Waals surface area contributed by atoms with Gasteiger partial charge in [-0.05, 0) is 29.0 Å². The Morgan fingerprint density at radius 1 is 1.13 bits per heavy atom. The number of halogens is 1. The Bertz CT molecular complexity index is 1900. The van der Waals surface area contributed by atoms with Crippen LogP contribution in [0, 0.1) is 17.1 Å².